The zero-order valence-electron chi connectivity index (χ0n) is 18.5. The van der Waals surface area contributed by atoms with Crippen LogP contribution in [0.15, 0.2) is 0 Å². The summed E-state index contributed by atoms with van der Waals surface area (Å²) in [5.74, 6) is -4.13. The lowest BCUT2D eigenvalue weighted by Crippen LogP contribution is -2.61. The van der Waals surface area contributed by atoms with Crippen molar-refractivity contribution < 1.29 is 34.5 Å². The number of rotatable bonds is 14. The summed E-state index contributed by atoms with van der Waals surface area (Å²) in [5, 5.41) is 35.5. The summed E-state index contributed by atoms with van der Waals surface area (Å²) in [7, 11) is 0. The van der Waals surface area contributed by atoms with Crippen LogP contribution in [0.1, 0.15) is 47.0 Å². The number of amides is 3. The van der Waals surface area contributed by atoms with E-state index in [4.69, 9.17) is 16.6 Å². The van der Waals surface area contributed by atoms with Crippen molar-refractivity contribution in [3.05, 3.63) is 0 Å². The number of nitrogens with one attached hydrogen (secondary N) is 3. The second-order valence-electron chi connectivity index (χ2n) is 7.91. The molecule has 0 bridgehead atoms. The number of hydrogen-bond donors (Lipinski definition) is 8. The van der Waals surface area contributed by atoms with Crippen LogP contribution < -0.4 is 27.4 Å². The summed E-state index contributed by atoms with van der Waals surface area (Å²) < 4.78 is 0. The van der Waals surface area contributed by atoms with Gasteiger partial charge < -0.3 is 42.7 Å². The van der Waals surface area contributed by atoms with E-state index in [1.54, 1.807) is 13.8 Å². The summed E-state index contributed by atoms with van der Waals surface area (Å²) in [6.45, 7) is 6.24. The monoisotopic (exact) mass is 447 g/mol. The molecule has 10 N–H and O–H groups in total. The third-order valence-electron chi connectivity index (χ3n) is 4.66. The Balaban J connectivity index is 5.25. The highest BCUT2D eigenvalue weighted by molar-refractivity contribution is 5.94. The number of nitrogens with two attached hydrogens (primary N) is 2. The second kappa shape index (κ2) is 13.9. The predicted molar refractivity (Wildman–Crippen MR) is 113 cm³/mol. The normalized spacial score (nSPS) is 17.1. The van der Waals surface area contributed by atoms with E-state index >= 15 is 0 Å². The van der Waals surface area contributed by atoms with Crippen molar-refractivity contribution >= 4 is 23.7 Å². The maximum atomic E-state index is 12.7. The molecule has 6 unspecified atom stereocenters. The number of carbonyl (C=O) groups excluding carboxylic acids is 3. The van der Waals surface area contributed by atoms with Crippen molar-refractivity contribution in [1.29, 1.82) is 0 Å². The lowest BCUT2D eigenvalue weighted by molar-refractivity contribution is -0.146. The summed E-state index contributed by atoms with van der Waals surface area (Å²) in [4.78, 5) is 48.7. The molecule has 0 saturated carbocycles. The Morgan fingerprint density at radius 1 is 0.774 bits per heavy atom. The molecule has 0 radical (unpaired) electrons. The molecule has 12 nitrogen and oxygen atoms in total. The van der Waals surface area contributed by atoms with Gasteiger partial charge in [0.2, 0.25) is 17.7 Å². The van der Waals surface area contributed by atoms with E-state index in [0.29, 0.717) is 25.8 Å². The van der Waals surface area contributed by atoms with Crippen molar-refractivity contribution in [1.82, 2.24) is 16.0 Å². The molecule has 0 aromatic rings. The van der Waals surface area contributed by atoms with Crippen LogP contribution in [0.5, 0.6) is 0 Å². The second-order valence-corrected chi connectivity index (χ2v) is 7.91. The number of carboxylic acids is 1. The molecule has 0 aliphatic heterocycles. The first kappa shape index (κ1) is 28.7. The van der Waals surface area contributed by atoms with Crippen LogP contribution >= 0.6 is 0 Å². The molecule has 0 spiro atoms. The van der Waals surface area contributed by atoms with Gasteiger partial charge in [-0.3, -0.25) is 14.4 Å². The Morgan fingerprint density at radius 2 is 1.23 bits per heavy atom. The van der Waals surface area contributed by atoms with Crippen LogP contribution in [0.4, 0.5) is 0 Å². The molecule has 0 heterocycles. The largest absolute Gasteiger partial charge is 0.480 e. The number of aliphatic hydroxyl groups excluding tert-OH is 2. The Bertz CT molecular complexity index is 612. The van der Waals surface area contributed by atoms with Crippen LogP contribution in [0.2, 0.25) is 0 Å². The van der Waals surface area contributed by atoms with Crippen LogP contribution in [0, 0.1) is 5.92 Å². The predicted octanol–water partition coefficient (Wildman–Crippen LogP) is -2.60. The third-order valence-corrected chi connectivity index (χ3v) is 4.66. The molecule has 3 amide bonds. The fraction of sp³-hybridized carbons (Fsp3) is 0.789. The smallest absolute Gasteiger partial charge is 0.328 e. The van der Waals surface area contributed by atoms with Gasteiger partial charge in [0.05, 0.1) is 18.2 Å². The minimum Gasteiger partial charge on any atom is -0.480 e. The first-order chi connectivity index (χ1) is 14.3. The van der Waals surface area contributed by atoms with Crippen LogP contribution in [0.3, 0.4) is 0 Å². The lowest BCUT2D eigenvalue weighted by atomic mass is 10.0. The number of aliphatic hydroxyl groups is 2. The molecule has 0 aliphatic carbocycles. The van der Waals surface area contributed by atoms with Crippen molar-refractivity contribution in [3.8, 4) is 0 Å². The van der Waals surface area contributed by atoms with E-state index < -0.39 is 60.1 Å². The van der Waals surface area contributed by atoms with Gasteiger partial charge in [0.25, 0.3) is 0 Å². The number of carbonyl (C=O) groups is 4. The topological polar surface area (TPSA) is 217 Å². The van der Waals surface area contributed by atoms with Crippen molar-refractivity contribution in [2.75, 3.05) is 6.54 Å². The van der Waals surface area contributed by atoms with Gasteiger partial charge in [-0.25, -0.2) is 4.79 Å². The highest BCUT2D eigenvalue weighted by atomic mass is 16.4. The van der Waals surface area contributed by atoms with Gasteiger partial charge in [0, 0.05) is 0 Å². The number of carboxylic acid groups (broad SMARTS) is 1. The summed E-state index contributed by atoms with van der Waals surface area (Å²) in [6, 6.07) is -5.02. The molecule has 0 aromatic carbocycles. The summed E-state index contributed by atoms with van der Waals surface area (Å²) >= 11 is 0. The number of hydrogen-bond acceptors (Lipinski definition) is 8. The maximum Gasteiger partial charge on any atom is 0.328 e. The molecule has 31 heavy (non-hydrogen) atoms. The van der Waals surface area contributed by atoms with Crippen molar-refractivity contribution in [3.63, 3.8) is 0 Å². The van der Waals surface area contributed by atoms with E-state index in [2.05, 4.69) is 16.0 Å². The molecule has 0 rings (SSSR count). The fourth-order valence-corrected chi connectivity index (χ4v) is 2.71. The van der Waals surface area contributed by atoms with E-state index in [-0.39, 0.29) is 5.92 Å². The van der Waals surface area contributed by atoms with Gasteiger partial charge >= 0.3 is 5.97 Å². The summed E-state index contributed by atoms with van der Waals surface area (Å²) in [6.07, 6.45) is -1.03. The minimum atomic E-state index is -1.63. The van der Waals surface area contributed by atoms with Gasteiger partial charge in [-0.2, -0.15) is 0 Å². The Kier molecular flexibility index (Phi) is 12.9. The Morgan fingerprint density at radius 3 is 1.65 bits per heavy atom. The average molecular weight is 448 g/mol. The average Bonchev–Trinajstić information content (AvgIpc) is 2.66. The highest BCUT2D eigenvalue weighted by Crippen LogP contribution is 2.06. The van der Waals surface area contributed by atoms with E-state index in [9.17, 15) is 29.4 Å². The molecule has 0 aliphatic rings. The Labute approximate surface area is 182 Å². The Hall–Kier alpha value is -2.28. The zero-order valence-corrected chi connectivity index (χ0v) is 18.5. The molecule has 0 aromatic heterocycles. The van der Waals surface area contributed by atoms with E-state index in [1.165, 1.54) is 13.8 Å². The summed E-state index contributed by atoms with van der Waals surface area (Å²) in [5.41, 5.74) is 11.3. The number of unbranched alkanes of at least 4 members (excludes halogenated alkanes) is 1. The standard InChI is InChI=1S/C19H37N5O7/c1-9(2)13(22-16(27)12(21)7-5-6-8-20)17(28)23-14(10(3)25)18(29)24-15(11(4)26)19(30)31/h9-15,25-26H,5-8,20-21H2,1-4H3,(H,22,27)(H,23,28)(H,24,29)(H,30,31). The SMILES string of the molecule is CC(C)C(NC(=O)C(N)CCCCN)C(=O)NC(C(=O)NC(C(=O)O)C(C)O)C(C)O. The fourth-order valence-electron chi connectivity index (χ4n) is 2.71. The van der Waals surface area contributed by atoms with Gasteiger partial charge in [-0.05, 0) is 39.2 Å². The van der Waals surface area contributed by atoms with Gasteiger partial charge in [-0.15, -0.1) is 0 Å². The van der Waals surface area contributed by atoms with E-state index in [1.807, 2.05) is 0 Å². The van der Waals surface area contributed by atoms with Gasteiger partial charge in [0.1, 0.15) is 12.1 Å². The lowest BCUT2D eigenvalue weighted by Gasteiger charge is -2.28. The van der Waals surface area contributed by atoms with Gasteiger partial charge in [-0.1, -0.05) is 20.3 Å². The maximum absolute atomic E-state index is 12.7. The molecule has 6 atom stereocenters. The van der Waals surface area contributed by atoms with Crippen molar-refractivity contribution in [2.45, 2.75) is 83.3 Å². The molecule has 0 fully saturated rings. The molecular weight excluding hydrogens is 410 g/mol. The number of aliphatic carboxylic acids is 1. The quantitative estimate of drug-likeness (QED) is 0.131. The first-order valence-electron chi connectivity index (χ1n) is 10.3. The first-order valence-corrected chi connectivity index (χ1v) is 10.3. The van der Waals surface area contributed by atoms with Gasteiger partial charge in [0.15, 0.2) is 6.04 Å². The third kappa shape index (κ3) is 10.0. The molecular formula is C19H37N5O7. The van der Waals surface area contributed by atoms with E-state index in [0.717, 1.165) is 0 Å². The van der Waals surface area contributed by atoms with Crippen LogP contribution in [-0.4, -0.2) is 81.9 Å². The van der Waals surface area contributed by atoms with Crippen molar-refractivity contribution in [2.24, 2.45) is 17.4 Å². The minimum absolute atomic E-state index is 0.373. The molecule has 180 valence electrons. The van der Waals surface area contributed by atoms with Crippen LogP contribution in [0.25, 0.3) is 0 Å². The molecule has 12 heteroatoms. The molecule has 0 saturated heterocycles. The zero-order chi connectivity index (χ0) is 24.3. The highest BCUT2D eigenvalue weighted by Gasteiger charge is 2.34. The van der Waals surface area contributed by atoms with Crippen LogP contribution in [-0.2, 0) is 19.2 Å².